The van der Waals surface area contributed by atoms with Crippen molar-refractivity contribution in [1.29, 1.82) is 0 Å². The summed E-state index contributed by atoms with van der Waals surface area (Å²) in [6.07, 6.45) is 1.06. The molecule has 0 aliphatic heterocycles. The van der Waals surface area contributed by atoms with E-state index >= 15 is 0 Å². The van der Waals surface area contributed by atoms with Crippen LogP contribution in [0.5, 0.6) is 0 Å². The Kier molecular flexibility index (Phi) is 21.7. The van der Waals surface area contributed by atoms with Crippen LogP contribution in [0.2, 0.25) is 0 Å². The van der Waals surface area contributed by atoms with Gasteiger partial charge in [-0.2, -0.15) is 6.42 Å². The topological polar surface area (TPSA) is 0 Å². The zero-order chi connectivity index (χ0) is 4.28. The Morgan fingerprint density at radius 3 is 1.57 bits per heavy atom. The van der Waals surface area contributed by atoms with Gasteiger partial charge >= 0.3 is 17.1 Å². The fourth-order valence-electron chi connectivity index (χ4n) is 0. The van der Waals surface area contributed by atoms with Gasteiger partial charge in [-0.25, -0.2) is 0 Å². The first-order chi connectivity index (χ1) is 2.27. The average Bonchev–Trinajstić information content (AvgIpc) is 1.38. The summed E-state index contributed by atoms with van der Waals surface area (Å²) < 4.78 is 0. The van der Waals surface area contributed by atoms with E-state index in [1.54, 1.807) is 0 Å². The summed E-state index contributed by atoms with van der Waals surface area (Å²) in [5.41, 5.74) is 0. The van der Waals surface area contributed by atoms with Gasteiger partial charge in [0, 0.05) is 0 Å². The van der Waals surface area contributed by atoms with Crippen LogP contribution in [0.3, 0.4) is 0 Å². The number of hydrogen-bond acceptors (Lipinski definition) is 0. The molecule has 0 amide bonds. The molecule has 0 fully saturated rings. The Bertz CT molecular complexity index is 18.1. The van der Waals surface area contributed by atoms with E-state index in [1.165, 1.54) is 0 Å². The minimum Gasteiger partial charge on any atom is -0.358 e. The molecule has 0 heterocycles. The van der Waals surface area contributed by atoms with Crippen LogP contribution in [0.15, 0.2) is 0 Å². The summed E-state index contributed by atoms with van der Waals surface area (Å²) in [5.74, 6) is 0.773. The quantitative estimate of drug-likeness (QED) is 0.397. The Labute approximate surface area is 58.2 Å². The number of hydrogen-bond donors (Lipinski definition) is 0. The summed E-state index contributed by atoms with van der Waals surface area (Å²) in [4.78, 5) is 0. The van der Waals surface area contributed by atoms with Crippen molar-refractivity contribution in [3.8, 4) is 0 Å². The molecule has 49 valence electrons. The molecule has 0 unspecified atom stereocenters. The van der Waals surface area contributed by atoms with Crippen LogP contribution in [-0.4, -0.2) is 0 Å². The molecule has 7 heavy (non-hydrogen) atoms. The van der Waals surface area contributed by atoms with Crippen LogP contribution < -0.4 is 0 Å². The monoisotopic (exact) mass is 149 g/mol. The van der Waals surface area contributed by atoms with Crippen molar-refractivity contribution in [3.63, 3.8) is 0 Å². The molecule has 0 aromatic carbocycles. The summed E-state index contributed by atoms with van der Waals surface area (Å²) in [5, 5.41) is 0. The Balaban J connectivity index is -0.0000000800. The maximum Gasteiger partial charge on any atom is 2.00 e. The van der Waals surface area contributed by atoms with Gasteiger partial charge in [-0.05, 0) is 0 Å². The summed E-state index contributed by atoms with van der Waals surface area (Å²) in [7, 11) is 0. The Morgan fingerprint density at radius 2 is 1.57 bits per heavy atom. The molecule has 0 nitrogen and oxygen atoms in total. The van der Waals surface area contributed by atoms with Gasteiger partial charge < -0.3 is 14.4 Å². The van der Waals surface area contributed by atoms with Gasteiger partial charge in [0.1, 0.15) is 0 Å². The third-order valence-electron chi connectivity index (χ3n) is 0.577. The molecule has 0 saturated carbocycles. The van der Waals surface area contributed by atoms with Gasteiger partial charge in [-0.1, -0.05) is 19.8 Å². The minimum atomic E-state index is 0. The van der Waals surface area contributed by atoms with Crippen LogP contribution in [0.4, 0.5) is 0 Å². The van der Waals surface area contributed by atoms with Gasteiger partial charge in [-0.15, -0.1) is 0 Å². The third kappa shape index (κ3) is 21.0. The van der Waals surface area contributed by atoms with Gasteiger partial charge in [0.2, 0.25) is 0 Å². The van der Waals surface area contributed by atoms with E-state index in [1.807, 2.05) is 0 Å². The summed E-state index contributed by atoms with van der Waals surface area (Å²) in [6.45, 7) is 8.00. The van der Waals surface area contributed by atoms with Crippen molar-refractivity contribution >= 4 is 0 Å². The standard InChI is InChI=1S/C5H11.CH3.Cu/c1-4-5(2)3;;/h5H,1,4H2,2-3H3;1H3;/q2*-1;+2. The molecule has 0 saturated heterocycles. The second kappa shape index (κ2) is 9.72. The van der Waals surface area contributed by atoms with E-state index in [0.717, 1.165) is 12.3 Å². The smallest absolute Gasteiger partial charge is 0.358 e. The van der Waals surface area contributed by atoms with Crippen molar-refractivity contribution in [3.05, 3.63) is 14.4 Å². The van der Waals surface area contributed by atoms with Gasteiger partial charge in [0.15, 0.2) is 0 Å². The third-order valence-corrected chi connectivity index (χ3v) is 0.577. The molecular formula is C6H14Cu. The number of rotatable bonds is 1. The van der Waals surface area contributed by atoms with Gasteiger partial charge in [0.05, 0.1) is 0 Å². The van der Waals surface area contributed by atoms with Crippen LogP contribution in [-0.2, 0) is 17.1 Å². The van der Waals surface area contributed by atoms with E-state index in [9.17, 15) is 0 Å². The first-order valence-electron chi connectivity index (χ1n) is 2.06. The Morgan fingerprint density at radius 1 is 1.43 bits per heavy atom. The van der Waals surface area contributed by atoms with E-state index in [0.29, 0.717) is 0 Å². The van der Waals surface area contributed by atoms with E-state index in [2.05, 4.69) is 20.8 Å². The second-order valence-electron chi connectivity index (χ2n) is 1.68. The van der Waals surface area contributed by atoms with Crippen molar-refractivity contribution in [1.82, 2.24) is 0 Å². The molecular weight excluding hydrogens is 136 g/mol. The largest absolute Gasteiger partial charge is 2.00 e. The predicted octanol–water partition coefficient (Wildman–Crippen LogP) is 2.31. The first kappa shape index (κ1) is 15.6. The van der Waals surface area contributed by atoms with E-state index < -0.39 is 0 Å². The van der Waals surface area contributed by atoms with Crippen molar-refractivity contribution in [2.24, 2.45) is 5.92 Å². The summed E-state index contributed by atoms with van der Waals surface area (Å²) in [6, 6.07) is 0. The first-order valence-corrected chi connectivity index (χ1v) is 2.06. The van der Waals surface area contributed by atoms with Crippen LogP contribution in [0.25, 0.3) is 0 Å². The molecule has 0 N–H and O–H groups in total. The molecule has 0 aromatic rings. The molecule has 0 aromatic heterocycles. The molecule has 1 radical (unpaired) electrons. The maximum atomic E-state index is 3.69. The summed E-state index contributed by atoms with van der Waals surface area (Å²) >= 11 is 0. The zero-order valence-electron chi connectivity index (χ0n) is 5.29. The molecule has 1 heteroatoms. The van der Waals surface area contributed by atoms with Crippen molar-refractivity contribution < 1.29 is 17.1 Å². The van der Waals surface area contributed by atoms with Crippen LogP contribution >= 0.6 is 0 Å². The van der Waals surface area contributed by atoms with Crippen molar-refractivity contribution in [2.45, 2.75) is 20.3 Å². The molecule has 0 spiro atoms. The minimum absolute atomic E-state index is 0. The second-order valence-corrected chi connectivity index (χ2v) is 1.68. The molecule has 0 aliphatic carbocycles. The van der Waals surface area contributed by atoms with Crippen molar-refractivity contribution in [2.75, 3.05) is 0 Å². The zero-order valence-corrected chi connectivity index (χ0v) is 6.23. The molecule has 0 aliphatic rings. The SMILES string of the molecule is [CH2-]CC(C)C.[CH3-].[Cu+2]. The van der Waals surface area contributed by atoms with Gasteiger partial charge in [-0.3, -0.25) is 0 Å². The fraction of sp³-hybridized carbons (Fsp3) is 0.667. The average molecular weight is 150 g/mol. The fourth-order valence-corrected chi connectivity index (χ4v) is 0. The van der Waals surface area contributed by atoms with Gasteiger partial charge in [0.25, 0.3) is 0 Å². The van der Waals surface area contributed by atoms with Crippen LogP contribution in [0, 0.1) is 20.3 Å². The molecule has 0 atom stereocenters. The van der Waals surface area contributed by atoms with E-state index in [4.69, 9.17) is 0 Å². The Hall–Kier alpha value is 0.519. The van der Waals surface area contributed by atoms with Crippen LogP contribution in [0.1, 0.15) is 20.3 Å². The molecule has 0 bridgehead atoms. The normalized spacial score (nSPS) is 6.86. The predicted molar refractivity (Wildman–Crippen MR) is 31.2 cm³/mol. The maximum absolute atomic E-state index is 3.69. The molecule has 0 rings (SSSR count). The van der Waals surface area contributed by atoms with E-state index in [-0.39, 0.29) is 24.5 Å².